The molecule has 27 heavy (non-hydrogen) atoms. The smallest absolute Gasteiger partial charge is 0.119 e. The van der Waals surface area contributed by atoms with Crippen LogP contribution in [0.2, 0.25) is 10.0 Å². The highest BCUT2D eigenvalue weighted by molar-refractivity contribution is 7.80. The summed E-state index contributed by atoms with van der Waals surface area (Å²) in [7, 11) is 0. The Kier molecular flexibility index (Phi) is 7.11. The minimum absolute atomic E-state index is 0.427. The molecule has 0 atom stereocenters. The van der Waals surface area contributed by atoms with Crippen molar-refractivity contribution < 1.29 is 4.74 Å². The lowest BCUT2D eigenvalue weighted by Gasteiger charge is -2.10. The molecule has 0 amide bonds. The minimum atomic E-state index is 0.427. The predicted octanol–water partition coefficient (Wildman–Crippen LogP) is 6.08. The Morgan fingerprint density at radius 2 is 1.59 bits per heavy atom. The van der Waals surface area contributed by atoms with Crippen molar-refractivity contribution in [2.45, 2.75) is 13.0 Å². The standard InChI is InChI=1S/C22H19Cl2NOS/c23-20-11-6-17(14-21(20)24)15-26-19-9-7-18(8-10-19)22(27)25-13-12-16-4-2-1-3-5-16/h1-11,14H,12-13,15H2,(H,25,27). The van der Waals surface area contributed by atoms with Gasteiger partial charge in [-0.1, -0.05) is 71.8 Å². The van der Waals surface area contributed by atoms with Crippen molar-refractivity contribution in [3.8, 4) is 5.75 Å². The Hall–Kier alpha value is -2.07. The molecule has 0 spiro atoms. The molecule has 0 saturated heterocycles. The summed E-state index contributed by atoms with van der Waals surface area (Å²) in [6.07, 6.45) is 0.936. The van der Waals surface area contributed by atoms with Crippen molar-refractivity contribution in [3.05, 3.63) is 99.5 Å². The Labute approximate surface area is 175 Å². The first-order valence-corrected chi connectivity index (χ1v) is 9.77. The second-order valence-corrected chi connectivity index (χ2v) is 7.28. The fraction of sp³-hybridized carbons (Fsp3) is 0.136. The van der Waals surface area contributed by atoms with E-state index in [0.29, 0.717) is 16.7 Å². The van der Waals surface area contributed by atoms with E-state index in [1.54, 1.807) is 6.07 Å². The summed E-state index contributed by atoms with van der Waals surface area (Å²) in [5.41, 5.74) is 3.23. The number of benzene rings is 3. The van der Waals surface area contributed by atoms with Crippen LogP contribution in [0.5, 0.6) is 5.75 Å². The van der Waals surface area contributed by atoms with Crippen LogP contribution in [0.25, 0.3) is 0 Å². The average Bonchev–Trinajstić information content (AvgIpc) is 2.70. The Morgan fingerprint density at radius 3 is 2.30 bits per heavy atom. The molecule has 0 aromatic heterocycles. The minimum Gasteiger partial charge on any atom is -0.489 e. The lowest BCUT2D eigenvalue weighted by atomic mass is 10.1. The van der Waals surface area contributed by atoms with Gasteiger partial charge >= 0.3 is 0 Å². The predicted molar refractivity (Wildman–Crippen MR) is 117 cm³/mol. The molecule has 3 aromatic rings. The third-order valence-corrected chi connectivity index (χ3v) is 5.17. The highest BCUT2D eigenvalue weighted by atomic mass is 35.5. The molecule has 1 N–H and O–H groups in total. The van der Waals surface area contributed by atoms with Crippen LogP contribution in [0.4, 0.5) is 0 Å². The molecule has 2 nitrogen and oxygen atoms in total. The molecule has 0 saturated carbocycles. The lowest BCUT2D eigenvalue weighted by molar-refractivity contribution is 0.306. The van der Waals surface area contributed by atoms with Crippen LogP contribution in [0.15, 0.2) is 72.8 Å². The number of thiocarbonyl (C=S) groups is 1. The summed E-state index contributed by atoms with van der Waals surface area (Å²) >= 11 is 17.4. The molecule has 0 aliphatic heterocycles. The van der Waals surface area contributed by atoms with E-state index >= 15 is 0 Å². The lowest BCUT2D eigenvalue weighted by Crippen LogP contribution is -2.24. The van der Waals surface area contributed by atoms with Gasteiger partial charge in [-0.2, -0.15) is 0 Å². The molecule has 5 heteroatoms. The highest BCUT2D eigenvalue weighted by Crippen LogP contribution is 2.23. The fourth-order valence-electron chi connectivity index (χ4n) is 2.57. The summed E-state index contributed by atoms with van der Waals surface area (Å²) in [6.45, 7) is 1.23. The Bertz CT molecular complexity index is 898. The number of halogens is 2. The van der Waals surface area contributed by atoms with Gasteiger partial charge in [0.2, 0.25) is 0 Å². The quantitative estimate of drug-likeness (QED) is 0.472. The summed E-state index contributed by atoms with van der Waals surface area (Å²) in [5.74, 6) is 0.775. The number of hydrogen-bond acceptors (Lipinski definition) is 2. The molecule has 138 valence electrons. The molecule has 3 aromatic carbocycles. The van der Waals surface area contributed by atoms with E-state index in [9.17, 15) is 0 Å². The van der Waals surface area contributed by atoms with E-state index in [1.807, 2.05) is 54.6 Å². The van der Waals surface area contributed by atoms with Crippen LogP contribution in [0.1, 0.15) is 16.7 Å². The van der Waals surface area contributed by atoms with Crippen molar-refractivity contribution in [1.29, 1.82) is 0 Å². The maximum absolute atomic E-state index is 6.02. The van der Waals surface area contributed by atoms with Crippen LogP contribution >= 0.6 is 35.4 Å². The van der Waals surface area contributed by atoms with E-state index in [-0.39, 0.29) is 0 Å². The molecule has 0 fully saturated rings. The molecule has 0 unspecified atom stereocenters. The largest absolute Gasteiger partial charge is 0.489 e. The topological polar surface area (TPSA) is 21.3 Å². The molecule has 0 aliphatic carbocycles. The van der Waals surface area contributed by atoms with E-state index in [4.69, 9.17) is 40.2 Å². The SMILES string of the molecule is S=C(NCCc1ccccc1)c1ccc(OCc2ccc(Cl)c(Cl)c2)cc1. The number of rotatable bonds is 7. The summed E-state index contributed by atoms with van der Waals surface area (Å²) < 4.78 is 5.80. The van der Waals surface area contributed by atoms with Crippen LogP contribution in [-0.4, -0.2) is 11.5 Å². The first-order chi connectivity index (χ1) is 13.1. The maximum Gasteiger partial charge on any atom is 0.119 e. The van der Waals surface area contributed by atoms with Crippen molar-refractivity contribution in [2.24, 2.45) is 0 Å². The highest BCUT2D eigenvalue weighted by Gasteiger charge is 2.04. The van der Waals surface area contributed by atoms with Gasteiger partial charge in [0.1, 0.15) is 17.3 Å². The number of hydrogen-bond donors (Lipinski definition) is 1. The van der Waals surface area contributed by atoms with Gasteiger partial charge in [0.05, 0.1) is 10.0 Å². The number of nitrogens with one attached hydrogen (secondary N) is 1. The van der Waals surface area contributed by atoms with E-state index in [1.165, 1.54) is 5.56 Å². The summed E-state index contributed by atoms with van der Waals surface area (Å²) in [4.78, 5) is 0.738. The fourth-order valence-corrected chi connectivity index (χ4v) is 3.12. The van der Waals surface area contributed by atoms with Crippen molar-refractivity contribution in [3.63, 3.8) is 0 Å². The second kappa shape index (κ2) is 9.75. The Balaban J connectivity index is 1.48. The third kappa shape index (κ3) is 5.96. The van der Waals surface area contributed by atoms with Crippen molar-refractivity contribution in [2.75, 3.05) is 6.54 Å². The molecule has 0 bridgehead atoms. The zero-order chi connectivity index (χ0) is 19.1. The maximum atomic E-state index is 6.02. The van der Waals surface area contributed by atoms with Gasteiger partial charge in [0.15, 0.2) is 0 Å². The number of ether oxygens (including phenoxy) is 1. The van der Waals surface area contributed by atoms with E-state index in [0.717, 1.165) is 34.8 Å². The second-order valence-electron chi connectivity index (χ2n) is 6.05. The van der Waals surface area contributed by atoms with Gasteiger partial charge in [-0.3, -0.25) is 0 Å². The van der Waals surface area contributed by atoms with Crippen LogP contribution in [-0.2, 0) is 13.0 Å². The molecular weight excluding hydrogens is 397 g/mol. The first kappa shape index (κ1) is 19.7. The zero-order valence-electron chi connectivity index (χ0n) is 14.6. The summed E-state index contributed by atoms with van der Waals surface area (Å²) in [6, 6.07) is 23.6. The van der Waals surface area contributed by atoms with Gasteiger partial charge < -0.3 is 10.1 Å². The van der Waals surface area contributed by atoms with Crippen LogP contribution in [0.3, 0.4) is 0 Å². The zero-order valence-corrected chi connectivity index (χ0v) is 17.0. The van der Waals surface area contributed by atoms with Gasteiger partial charge in [-0.05, 0) is 53.9 Å². The average molecular weight is 416 g/mol. The van der Waals surface area contributed by atoms with Crippen molar-refractivity contribution in [1.82, 2.24) is 5.32 Å². The monoisotopic (exact) mass is 415 g/mol. The third-order valence-electron chi connectivity index (χ3n) is 4.05. The molecule has 3 rings (SSSR count). The van der Waals surface area contributed by atoms with Crippen LogP contribution < -0.4 is 10.1 Å². The normalized spacial score (nSPS) is 10.4. The van der Waals surface area contributed by atoms with Gasteiger partial charge in [0.25, 0.3) is 0 Å². The molecule has 0 heterocycles. The van der Waals surface area contributed by atoms with Gasteiger partial charge in [0, 0.05) is 12.1 Å². The molecule has 0 radical (unpaired) electrons. The van der Waals surface area contributed by atoms with E-state index < -0.39 is 0 Å². The molecule has 0 aliphatic rings. The molecular formula is C22H19Cl2NOS. The van der Waals surface area contributed by atoms with Crippen molar-refractivity contribution >= 4 is 40.4 Å². The van der Waals surface area contributed by atoms with E-state index in [2.05, 4.69) is 17.4 Å². The van der Waals surface area contributed by atoms with Gasteiger partial charge in [-0.15, -0.1) is 0 Å². The first-order valence-electron chi connectivity index (χ1n) is 8.61. The van der Waals surface area contributed by atoms with Crippen LogP contribution in [0, 0.1) is 0 Å². The summed E-state index contributed by atoms with van der Waals surface area (Å²) in [5, 5.41) is 4.37. The van der Waals surface area contributed by atoms with Gasteiger partial charge in [-0.25, -0.2) is 0 Å². The Morgan fingerprint density at radius 1 is 0.852 bits per heavy atom.